The maximum atomic E-state index is 11.4. The molecule has 1 aromatic carbocycles. The summed E-state index contributed by atoms with van der Waals surface area (Å²) in [6, 6.07) is 7.13. The lowest BCUT2D eigenvalue weighted by Gasteiger charge is -1.98. The predicted octanol–water partition coefficient (Wildman–Crippen LogP) is 1.68. The SMILES string of the molecule is COC(=O)c1cccc2cc(CN)oc12. The molecule has 0 aliphatic rings. The van der Waals surface area contributed by atoms with Crippen LogP contribution in [0.1, 0.15) is 16.1 Å². The van der Waals surface area contributed by atoms with E-state index < -0.39 is 5.97 Å². The first-order valence-electron chi connectivity index (χ1n) is 4.56. The molecule has 15 heavy (non-hydrogen) atoms. The van der Waals surface area contributed by atoms with E-state index in [1.807, 2.05) is 12.1 Å². The van der Waals surface area contributed by atoms with Crippen LogP contribution in [-0.2, 0) is 11.3 Å². The van der Waals surface area contributed by atoms with Gasteiger partial charge in [0, 0.05) is 5.39 Å². The number of esters is 1. The number of rotatable bonds is 2. The number of nitrogens with two attached hydrogens (primary N) is 1. The predicted molar refractivity (Wildman–Crippen MR) is 55.4 cm³/mol. The first kappa shape index (κ1) is 9.73. The van der Waals surface area contributed by atoms with E-state index in [-0.39, 0.29) is 0 Å². The van der Waals surface area contributed by atoms with Gasteiger partial charge in [-0.25, -0.2) is 4.79 Å². The summed E-state index contributed by atoms with van der Waals surface area (Å²) in [5.74, 6) is 0.250. The van der Waals surface area contributed by atoms with Crippen molar-refractivity contribution in [2.75, 3.05) is 7.11 Å². The van der Waals surface area contributed by atoms with E-state index in [1.54, 1.807) is 12.1 Å². The molecular weight excluding hydrogens is 194 g/mol. The fourth-order valence-corrected chi connectivity index (χ4v) is 1.49. The lowest BCUT2D eigenvalue weighted by molar-refractivity contribution is 0.0601. The summed E-state index contributed by atoms with van der Waals surface area (Å²) in [6.07, 6.45) is 0. The third-order valence-electron chi connectivity index (χ3n) is 2.20. The van der Waals surface area contributed by atoms with E-state index in [2.05, 4.69) is 4.74 Å². The summed E-state index contributed by atoms with van der Waals surface area (Å²) in [7, 11) is 1.34. The number of hydrogen-bond acceptors (Lipinski definition) is 4. The molecular formula is C11H11NO3. The number of para-hydroxylation sites is 1. The van der Waals surface area contributed by atoms with Gasteiger partial charge in [-0.05, 0) is 12.1 Å². The fraction of sp³-hybridized carbons (Fsp3) is 0.182. The summed E-state index contributed by atoms with van der Waals surface area (Å²) in [5.41, 5.74) is 6.42. The average Bonchev–Trinajstić information content (AvgIpc) is 2.70. The van der Waals surface area contributed by atoms with Gasteiger partial charge in [-0.2, -0.15) is 0 Å². The van der Waals surface area contributed by atoms with Crippen LogP contribution in [0.15, 0.2) is 28.7 Å². The molecule has 4 heteroatoms. The molecule has 0 fully saturated rings. The van der Waals surface area contributed by atoms with Crippen LogP contribution in [0.3, 0.4) is 0 Å². The second-order valence-corrected chi connectivity index (χ2v) is 3.13. The van der Waals surface area contributed by atoms with Gasteiger partial charge in [0.15, 0.2) is 0 Å². The highest BCUT2D eigenvalue weighted by molar-refractivity contribution is 6.02. The topological polar surface area (TPSA) is 65.5 Å². The quantitative estimate of drug-likeness (QED) is 0.757. The molecule has 0 radical (unpaired) electrons. The van der Waals surface area contributed by atoms with Gasteiger partial charge in [-0.3, -0.25) is 0 Å². The second-order valence-electron chi connectivity index (χ2n) is 3.13. The van der Waals surface area contributed by atoms with Gasteiger partial charge in [-0.15, -0.1) is 0 Å². The molecule has 1 heterocycles. The number of fused-ring (bicyclic) bond motifs is 1. The number of carbonyl (C=O) groups is 1. The Morgan fingerprint density at radius 3 is 3.00 bits per heavy atom. The maximum Gasteiger partial charge on any atom is 0.341 e. The van der Waals surface area contributed by atoms with E-state index in [0.29, 0.717) is 23.5 Å². The summed E-state index contributed by atoms with van der Waals surface area (Å²) in [5, 5.41) is 0.860. The second kappa shape index (κ2) is 3.74. The molecule has 0 atom stereocenters. The molecule has 0 unspecified atom stereocenters. The minimum atomic E-state index is -0.404. The third-order valence-corrected chi connectivity index (χ3v) is 2.20. The van der Waals surface area contributed by atoms with Crippen molar-refractivity contribution in [2.45, 2.75) is 6.54 Å². The van der Waals surface area contributed by atoms with Gasteiger partial charge >= 0.3 is 5.97 Å². The highest BCUT2D eigenvalue weighted by Crippen LogP contribution is 2.23. The molecule has 2 aromatic rings. The Bertz CT molecular complexity index is 502. The first-order valence-corrected chi connectivity index (χ1v) is 4.56. The molecule has 1 aromatic heterocycles. The molecule has 0 saturated heterocycles. The van der Waals surface area contributed by atoms with E-state index in [4.69, 9.17) is 10.2 Å². The Balaban J connectivity index is 2.64. The monoisotopic (exact) mass is 205 g/mol. The van der Waals surface area contributed by atoms with Crippen molar-refractivity contribution in [3.8, 4) is 0 Å². The van der Waals surface area contributed by atoms with Gasteiger partial charge in [0.25, 0.3) is 0 Å². The molecule has 0 amide bonds. The van der Waals surface area contributed by atoms with Crippen molar-refractivity contribution in [1.29, 1.82) is 0 Å². The normalized spacial score (nSPS) is 10.5. The lowest BCUT2D eigenvalue weighted by Crippen LogP contribution is -2.00. The van der Waals surface area contributed by atoms with Crippen LogP contribution in [-0.4, -0.2) is 13.1 Å². The zero-order chi connectivity index (χ0) is 10.8. The van der Waals surface area contributed by atoms with Crippen LogP contribution in [0.2, 0.25) is 0 Å². The number of hydrogen-bond donors (Lipinski definition) is 1. The number of furan rings is 1. The van der Waals surface area contributed by atoms with Crippen LogP contribution >= 0.6 is 0 Å². The molecule has 0 aliphatic heterocycles. The van der Waals surface area contributed by atoms with Gasteiger partial charge < -0.3 is 14.9 Å². The molecule has 0 saturated carbocycles. The van der Waals surface area contributed by atoms with E-state index in [9.17, 15) is 4.79 Å². The minimum Gasteiger partial charge on any atom is -0.465 e. The summed E-state index contributed by atoms with van der Waals surface area (Å²) >= 11 is 0. The highest BCUT2D eigenvalue weighted by atomic mass is 16.5. The molecule has 2 N–H and O–H groups in total. The van der Waals surface area contributed by atoms with Crippen molar-refractivity contribution in [1.82, 2.24) is 0 Å². The standard InChI is InChI=1S/C11H11NO3/c1-14-11(13)9-4-2-3-7-5-8(6-12)15-10(7)9/h2-5H,6,12H2,1H3. The van der Waals surface area contributed by atoms with E-state index >= 15 is 0 Å². The smallest absolute Gasteiger partial charge is 0.341 e. The van der Waals surface area contributed by atoms with Crippen molar-refractivity contribution >= 4 is 16.9 Å². The van der Waals surface area contributed by atoms with Crippen molar-refractivity contribution < 1.29 is 13.9 Å². The Labute approximate surface area is 86.6 Å². The van der Waals surface area contributed by atoms with E-state index in [0.717, 1.165) is 5.39 Å². The lowest BCUT2D eigenvalue weighted by atomic mass is 10.1. The average molecular weight is 205 g/mol. The van der Waals surface area contributed by atoms with Crippen LogP contribution in [0, 0.1) is 0 Å². The van der Waals surface area contributed by atoms with Gasteiger partial charge in [-0.1, -0.05) is 12.1 Å². The summed E-state index contributed by atoms with van der Waals surface area (Å²) in [6.45, 7) is 0.315. The van der Waals surface area contributed by atoms with Crippen molar-refractivity contribution in [3.05, 3.63) is 35.6 Å². The summed E-state index contributed by atoms with van der Waals surface area (Å²) < 4.78 is 10.1. The first-order chi connectivity index (χ1) is 7.26. The largest absolute Gasteiger partial charge is 0.465 e. The van der Waals surface area contributed by atoms with Gasteiger partial charge in [0.2, 0.25) is 0 Å². The Hall–Kier alpha value is -1.81. The number of benzene rings is 1. The number of carbonyl (C=O) groups excluding carboxylic acids is 1. The Morgan fingerprint density at radius 2 is 2.33 bits per heavy atom. The molecule has 78 valence electrons. The molecule has 4 nitrogen and oxygen atoms in total. The number of ether oxygens (including phenoxy) is 1. The van der Waals surface area contributed by atoms with Crippen molar-refractivity contribution in [3.63, 3.8) is 0 Å². The Kier molecular flexibility index (Phi) is 2.43. The maximum absolute atomic E-state index is 11.4. The zero-order valence-electron chi connectivity index (χ0n) is 8.32. The van der Waals surface area contributed by atoms with Crippen molar-refractivity contribution in [2.24, 2.45) is 5.73 Å². The van der Waals surface area contributed by atoms with Gasteiger partial charge in [0.1, 0.15) is 16.9 Å². The minimum absolute atomic E-state index is 0.315. The molecule has 0 bridgehead atoms. The fourth-order valence-electron chi connectivity index (χ4n) is 1.49. The summed E-state index contributed by atoms with van der Waals surface area (Å²) in [4.78, 5) is 11.4. The van der Waals surface area contributed by atoms with Crippen LogP contribution in [0.4, 0.5) is 0 Å². The molecule has 2 rings (SSSR count). The van der Waals surface area contributed by atoms with Crippen LogP contribution in [0.5, 0.6) is 0 Å². The third kappa shape index (κ3) is 1.59. The molecule has 0 spiro atoms. The van der Waals surface area contributed by atoms with Gasteiger partial charge in [0.05, 0.1) is 13.7 Å². The van der Waals surface area contributed by atoms with Crippen LogP contribution in [0.25, 0.3) is 11.0 Å². The molecule has 0 aliphatic carbocycles. The van der Waals surface area contributed by atoms with E-state index in [1.165, 1.54) is 7.11 Å². The Morgan fingerprint density at radius 1 is 1.53 bits per heavy atom. The zero-order valence-corrected chi connectivity index (χ0v) is 8.32. The highest BCUT2D eigenvalue weighted by Gasteiger charge is 2.13. The number of methoxy groups -OCH3 is 1. The van der Waals surface area contributed by atoms with Crippen LogP contribution < -0.4 is 5.73 Å².